The summed E-state index contributed by atoms with van der Waals surface area (Å²) in [6.45, 7) is 0.484. The molecule has 1 fully saturated rings. The van der Waals surface area contributed by atoms with Crippen molar-refractivity contribution < 1.29 is 22.5 Å². The summed E-state index contributed by atoms with van der Waals surface area (Å²) in [6, 6.07) is 7.94. The summed E-state index contributed by atoms with van der Waals surface area (Å²) in [6.07, 6.45) is 2.59. The zero-order valence-corrected chi connectivity index (χ0v) is 16.0. The minimum Gasteiger partial charge on any atom is -0.453 e. The van der Waals surface area contributed by atoms with E-state index in [-0.39, 0.29) is 22.4 Å². The zero-order chi connectivity index (χ0) is 19.6. The molecule has 0 aliphatic carbocycles. The van der Waals surface area contributed by atoms with E-state index in [0.29, 0.717) is 31.6 Å². The quantitative estimate of drug-likeness (QED) is 0.848. The van der Waals surface area contributed by atoms with E-state index in [4.69, 9.17) is 9.26 Å². The molecule has 1 saturated heterocycles. The normalized spacial score (nSPS) is 20.4. The van der Waals surface area contributed by atoms with Crippen molar-refractivity contribution >= 4 is 15.9 Å². The molecular formula is C18H22N2O6S. The molecule has 1 aromatic heterocycles. The zero-order valence-electron chi connectivity index (χ0n) is 15.2. The van der Waals surface area contributed by atoms with E-state index in [9.17, 15) is 18.0 Å². The Hall–Kier alpha value is -2.55. The highest BCUT2D eigenvalue weighted by atomic mass is 32.2. The molecule has 0 radical (unpaired) electrons. The third-order valence-electron chi connectivity index (χ3n) is 4.89. The summed E-state index contributed by atoms with van der Waals surface area (Å²) >= 11 is 0. The monoisotopic (exact) mass is 394 g/mol. The maximum Gasteiger partial charge on any atom is 0.409 e. The van der Waals surface area contributed by atoms with Gasteiger partial charge in [0.15, 0.2) is 9.84 Å². The molecule has 1 aromatic carbocycles. The predicted octanol–water partition coefficient (Wildman–Crippen LogP) is 1.93. The number of rotatable bonds is 4. The third kappa shape index (κ3) is 4.41. The van der Waals surface area contributed by atoms with Gasteiger partial charge in [-0.2, -0.15) is 5.16 Å². The fourth-order valence-electron chi connectivity index (χ4n) is 3.50. The lowest BCUT2D eigenvalue weighted by molar-refractivity contribution is 0.0817. The Balaban J connectivity index is 1.80. The number of aromatic nitrogens is 1. The number of ether oxygens (including phenoxy) is 1. The molecule has 0 saturated carbocycles. The van der Waals surface area contributed by atoms with Crippen molar-refractivity contribution in [3.05, 3.63) is 52.0 Å². The first-order chi connectivity index (χ1) is 12.8. The molecule has 0 unspecified atom stereocenters. The number of nitrogens with one attached hydrogen (secondary N) is 1. The Morgan fingerprint density at radius 2 is 2.04 bits per heavy atom. The summed E-state index contributed by atoms with van der Waals surface area (Å²) in [5, 5.41) is 2.30. The van der Waals surface area contributed by atoms with Crippen LogP contribution in [-0.4, -0.2) is 50.5 Å². The Morgan fingerprint density at radius 1 is 1.33 bits per heavy atom. The molecular weight excluding hydrogens is 372 g/mol. The molecule has 8 nitrogen and oxygen atoms in total. The summed E-state index contributed by atoms with van der Waals surface area (Å²) in [7, 11) is -1.91. The van der Waals surface area contributed by atoms with Crippen LogP contribution in [0.1, 0.15) is 30.1 Å². The van der Waals surface area contributed by atoms with Crippen LogP contribution in [0.2, 0.25) is 0 Å². The number of piperidine rings is 1. The van der Waals surface area contributed by atoms with Gasteiger partial charge in [0.25, 0.3) is 5.56 Å². The van der Waals surface area contributed by atoms with Gasteiger partial charge < -0.3 is 14.2 Å². The summed E-state index contributed by atoms with van der Waals surface area (Å²) in [5.74, 6) is 0.604. The second-order valence-electron chi connectivity index (χ2n) is 6.77. The fourth-order valence-corrected chi connectivity index (χ4v) is 4.13. The van der Waals surface area contributed by atoms with Gasteiger partial charge in [0.2, 0.25) is 0 Å². The molecule has 3 rings (SSSR count). The van der Waals surface area contributed by atoms with Crippen molar-refractivity contribution in [2.24, 2.45) is 0 Å². The first-order valence-electron chi connectivity index (χ1n) is 8.60. The number of nitrogens with zero attached hydrogens (tertiary/aromatic N) is 1. The van der Waals surface area contributed by atoms with E-state index in [1.165, 1.54) is 13.2 Å². The SMILES string of the molecule is COC(=O)N1CC[C@@H](c2cc(=O)[nH]o2)C[C@H]1Cc1ccc(S(C)(=O)=O)cc1. The average molecular weight is 394 g/mol. The van der Waals surface area contributed by atoms with E-state index < -0.39 is 15.9 Å². The van der Waals surface area contributed by atoms with E-state index >= 15 is 0 Å². The second-order valence-corrected chi connectivity index (χ2v) is 8.79. The Bertz CT molecular complexity index is 960. The molecule has 1 amide bonds. The van der Waals surface area contributed by atoms with Gasteiger partial charge in [0.05, 0.1) is 12.0 Å². The highest BCUT2D eigenvalue weighted by molar-refractivity contribution is 7.90. The van der Waals surface area contributed by atoms with Gasteiger partial charge in [-0.15, -0.1) is 0 Å². The predicted molar refractivity (Wildman–Crippen MR) is 97.5 cm³/mol. The number of hydrogen-bond acceptors (Lipinski definition) is 6. The number of H-pyrrole nitrogens is 1. The van der Waals surface area contributed by atoms with Gasteiger partial charge >= 0.3 is 6.09 Å². The second kappa shape index (κ2) is 7.59. The number of sulfone groups is 1. The van der Waals surface area contributed by atoms with Crippen LogP contribution in [0.4, 0.5) is 4.79 Å². The largest absolute Gasteiger partial charge is 0.453 e. The number of hydrogen-bond donors (Lipinski definition) is 1. The number of methoxy groups -OCH3 is 1. The van der Waals surface area contributed by atoms with E-state index in [2.05, 4.69) is 5.16 Å². The van der Waals surface area contributed by atoms with Crippen LogP contribution in [0.25, 0.3) is 0 Å². The van der Waals surface area contributed by atoms with Gasteiger partial charge in [-0.3, -0.25) is 4.79 Å². The highest BCUT2D eigenvalue weighted by Gasteiger charge is 2.34. The molecule has 146 valence electrons. The van der Waals surface area contributed by atoms with E-state index in [1.807, 2.05) is 0 Å². The van der Waals surface area contributed by atoms with Crippen LogP contribution in [-0.2, 0) is 21.0 Å². The van der Waals surface area contributed by atoms with Crippen LogP contribution in [0.5, 0.6) is 0 Å². The molecule has 2 heterocycles. The lowest BCUT2D eigenvalue weighted by atomic mass is 9.86. The van der Waals surface area contributed by atoms with Crippen LogP contribution in [0.15, 0.2) is 44.5 Å². The van der Waals surface area contributed by atoms with Crippen LogP contribution in [0.3, 0.4) is 0 Å². The van der Waals surface area contributed by atoms with Crippen LogP contribution >= 0.6 is 0 Å². The molecule has 0 spiro atoms. The lowest BCUT2D eigenvalue weighted by Crippen LogP contribution is -2.46. The standard InChI is InChI=1S/C18H22N2O6S/c1-25-18(22)20-8-7-13(16-11-17(21)19-26-16)10-14(20)9-12-3-5-15(6-4-12)27(2,23)24/h3-6,11,13-14H,7-10H2,1-2H3,(H,19,21)/t13-,14-/m1/s1. The minimum atomic E-state index is -3.25. The topological polar surface area (TPSA) is 110 Å². The molecule has 2 aromatic rings. The number of amides is 1. The van der Waals surface area contributed by atoms with Gasteiger partial charge in [-0.25, -0.2) is 13.2 Å². The van der Waals surface area contributed by atoms with Gasteiger partial charge in [-0.1, -0.05) is 12.1 Å². The smallest absolute Gasteiger partial charge is 0.409 e. The summed E-state index contributed by atoms with van der Waals surface area (Å²) in [4.78, 5) is 25.4. The molecule has 1 N–H and O–H groups in total. The Labute approximate surface area is 157 Å². The maximum absolute atomic E-state index is 12.1. The Kier molecular flexibility index (Phi) is 5.41. The van der Waals surface area contributed by atoms with Crippen LogP contribution in [0, 0.1) is 0 Å². The number of likely N-dealkylation sites (tertiary alicyclic amines) is 1. The maximum atomic E-state index is 12.1. The molecule has 9 heteroatoms. The van der Waals surface area contributed by atoms with Crippen molar-refractivity contribution in [1.29, 1.82) is 0 Å². The fraction of sp³-hybridized carbons (Fsp3) is 0.444. The number of aromatic amines is 1. The van der Waals surface area contributed by atoms with E-state index in [1.54, 1.807) is 29.2 Å². The van der Waals surface area contributed by atoms with Crippen molar-refractivity contribution in [2.45, 2.75) is 36.1 Å². The summed E-state index contributed by atoms with van der Waals surface area (Å²) < 4.78 is 33.3. The highest BCUT2D eigenvalue weighted by Crippen LogP contribution is 2.33. The van der Waals surface area contributed by atoms with Gasteiger partial charge in [-0.05, 0) is 37.0 Å². The molecule has 2 atom stereocenters. The van der Waals surface area contributed by atoms with Gasteiger partial charge in [0, 0.05) is 30.8 Å². The molecule has 0 bridgehead atoms. The van der Waals surface area contributed by atoms with Crippen molar-refractivity contribution in [3.63, 3.8) is 0 Å². The van der Waals surface area contributed by atoms with Crippen LogP contribution < -0.4 is 5.56 Å². The van der Waals surface area contributed by atoms with Crippen molar-refractivity contribution in [3.8, 4) is 0 Å². The van der Waals surface area contributed by atoms with Crippen molar-refractivity contribution in [2.75, 3.05) is 19.9 Å². The molecule has 1 aliphatic rings. The first-order valence-corrected chi connectivity index (χ1v) is 10.5. The number of carbonyl (C=O) groups excluding carboxylic acids is 1. The molecule has 27 heavy (non-hydrogen) atoms. The number of benzene rings is 1. The average Bonchev–Trinajstić information content (AvgIpc) is 3.07. The third-order valence-corrected chi connectivity index (χ3v) is 6.02. The lowest BCUT2D eigenvalue weighted by Gasteiger charge is -2.38. The van der Waals surface area contributed by atoms with Gasteiger partial charge in [0.1, 0.15) is 5.76 Å². The minimum absolute atomic E-state index is 0.0187. The number of carbonyl (C=O) groups is 1. The molecule has 1 aliphatic heterocycles. The summed E-state index contributed by atoms with van der Waals surface area (Å²) in [5.41, 5.74) is 0.630. The van der Waals surface area contributed by atoms with E-state index in [0.717, 1.165) is 11.8 Å². The Morgan fingerprint density at radius 3 is 2.59 bits per heavy atom. The first kappa shape index (κ1) is 19.2. The van der Waals surface area contributed by atoms with Crippen molar-refractivity contribution in [1.82, 2.24) is 10.1 Å².